The molecule has 5 heteroatoms. The van der Waals surface area contributed by atoms with Crippen molar-refractivity contribution in [1.82, 2.24) is 4.57 Å². The molecule has 0 fully saturated rings. The summed E-state index contributed by atoms with van der Waals surface area (Å²) in [4.78, 5) is 12.6. The van der Waals surface area contributed by atoms with Crippen LogP contribution in [0.2, 0.25) is 0 Å². The maximum atomic E-state index is 13.9. The van der Waals surface area contributed by atoms with Crippen LogP contribution in [0.5, 0.6) is 0 Å². The Kier molecular flexibility index (Phi) is 5.38. The number of nitrogens with zero attached hydrogens (tertiary/aromatic N) is 2. The highest BCUT2D eigenvalue weighted by Gasteiger charge is 2.16. The lowest BCUT2D eigenvalue weighted by Crippen LogP contribution is -2.14. The van der Waals surface area contributed by atoms with Crippen LogP contribution in [0.3, 0.4) is 0 Å². The summed E-state index contributed by atoms with van der Waals surface area (Å²) in [6.07, 6.45) is 1.54. The summed E-state index contributed by atoms with van der Waals surface area (Å²) in [6.45, 7) is 3.93. The number of hydrogen-bond donors (Lipinski definition) is 1. The molecule has 4 aromatic rings. The van der Waals surface area contributed by atoms with Gasteiger partial charge in [-0.15, -0.1) is 0 Å². The number of rotatable bonds is 4. The first-order valence-corrected chi connectivity index (χ1v) is 9.84. The van der Waals surface area contributed by atoms with E-state index in [0.717, 1.165) is 33.4 Å². The SMILES string of the molecule is Cc1cc(/C=C(/C#N)C(=O)Nc2ccccc2F)c(C)n1-c1cccc2ccccc12. The number of hydrogen-bond acceptors (Lipinski definition) is 2. The number of amides is 1. The van der Waals surface area contributed by atoms with E-state index in [0.29, 0.717) is 0 Å². The normalized spacial score (nSPS) is 11.4. The topological polar surface area (TPSA) is 57.8 Å². The summed E-state index contributed by atoms with van der Waals surface area (Å²) in [5.74, 6) is -1.20. The van der Waals surface area contributed by atoms with E-state index in [-0.39, 0.29) is 11.3 Å². The van der Waals surface area contributed by atoms with Crippen LogP contribution < -0.4 is 5.32 Å². The van der Waals surface area contributed by atoms with E-state index in [4.69, 9.17) is 0 Å². The Labute approximate surface area is 179 Å². The average Bonchev–Trinajstić information content (AvgIpc) is 3.05. The molecule has 0 aliphatic rings. The molecule has 1 amide bonds. The van der Waals surface area contributed by atoms with Crippen molar-refractivity contribution in [1.29, 1.82) is 5.26 Å². The van der Waals surface area contributed by atoms with Crippen LogP contribution in [0.1, 0.15) is 17.0 Å². The Hall–Kier alpha value is -4.17. The van der Waals surface area contributed by atoms with Crippen LogP contribution in [-0.4, -0.2) is 10.5 Å². The van der Waals surface area contributed by atoms with Crippen LogP contribution in [0.25, 0.3) is 22.5 Å². The number of anilines is 1. The molecule has 31 heavy (non-hydrogen) atoms. The van der Waals surface area contributed by atoms with Crippen LogP contribution in [-0.2, 0) is 4.79 Å². The highest BCUT2D eigenvalue weighted by atomic mass is 19.1. The van der Waals surface area contributed by atoms with E-state index < -0.39 is 11.7 Å². The van der Waals surface area contributed by atoms with Crippen molar-refractivity contribution in [2.24, 2.45) is 0 Å². The third-order valence-electron chi connectivity index (χ3n) is 5.26. The van der Waals surface area contributed by atoms with E-state index in [1.54, 1.807) is 12.1 Å². The van der Waals surface area contributed by atoms with Crippen LogP contribution in [0.15, 0.2) is 78.4 Å². The fourth-order valence-corrected chi connectivity index (χ4v) is 3.76. The summed E-state index contributed by atoms with van der Waals surface area (Å²) in [7, 11) is 0. The van der Waals surface area contributed by atoms with Crippen molar-refractivity contribution in [3.05, 3.63) is 101 Å². The lowest BCUT2D eigenvalue weighted by atomic mass is 10.1. The predicted octanol–water partition coefficient (Wildman–Crippen LogP) is 5.93. The van der Waals surface area contributed by atoms with E-state index in [1.807, 2.05) is 50.2 Å². The molecule has 152 valence electrons. The largest absolute Gasteiger partial charge is 0.319 e. The molecule has 0 spiro atoms. The molecule has 0 unspecified atom stereocenters. The first-order valence-electron chi connectivity index (χ1n) is 9.84. The van der Waals surface area contributed by atoms with E-state index in [9.17, 15) is 14.4 Å². The number of fused-ring (bicyclic) bond motifs is 1. The molecule has 0 bridgehead atoms. The zero-order chi connectivity index (χ0) is 22.0. The minimum atomic E-state index is -0.650. The zero-order valence-corrected chi connectivity index (χ0v) is 17.2. The van der Waals surface area contributed by atoms with Crippen molar-refractivity contribution < 1.29 is 9.18 Å². The smallest absolute Gasteiger partial charge is 0.266 e. The van der Waals surface area contributed by atoms with Gasteiger partial charge in [-0.2, -0.15) is 5.26 Å². The van der Waals surface area contributed by atoms with Gasteiger partial charge < -0.3 is 9.88 Å². The highest BCUT2D eigenvalue weighted by molar-refractivity contribution is 6.09. The molecule has 1 heterocycles. The molecule has 0 aliphatic carbocycles. The Bertz CT molecular complexity index is 1370. The molecule has 3 aromatic carbocycles. The van der Waals surface area contributed by atoms with Gasteiger partial charge in [0.15, 0.2) is 0 Å². The van der Waals surface area contributed by atoms with Crippen LogP contribution >= 0.6 is 0 Å². The third-order valence-corrected chi connectivity index (χ3v) is 5.26. The standard InChI is InChI=1S/C26H20FN3O/c1-17-14-20(15-21(16-28)26(31)29-24-12-6-5-11-23(24)27)18(2)30(17)25-13-7-9-19-8-3-4-10-22(19)25/h3-15H,1-2H3,(H,29,31)/b21-15-. The van der Waals surface area contributed by atoms with Gasteiger partial charge in [-0.25, -0.2) is 4.39 Å². The number of carbonyl (C=O) groups is 1. The molecular formula is C26H20FN3O. The van der Waals surface area contributed by atoms with E-state index in [2.05, 4.69) is 28.1 Å². The summed E-state index contributed by atoms with van der Waals surface area (Å²) in [5.41, 5.74) is 3.61. The first-order chi connectivity index (χ1) is 15.0. The summed E-state index contributed by atoms with van der Waals surface area (Å²) in [6, 6.07) is 24.0. The second kappa shape index (κ2) is 8.29. The number of nitrogens with one attached hydrogen (secondary N) is 1. The second-order valence-electron chi connectivity index (χ2n) is 7.26. The monoisotopic (exact) mass is 409 g/mol. The van der Waals surface area contributed by atoms with E-state index >= 15 is 0 Å². The number of aryl methyl sites for hydroxylation is 1. The Morgan fingerprint density at radius 1 is 1.03 bits per heavy atom. The fourth-order valence-electron chi connectivity index (χ4n) is 3.76. The van der Waals surface area contributed by atoms with Gasteiger partial charge in [-0.3, -0.25) is 4.79 Å². The minimum Gasteiger partial charge on any atom is -0.319 e. The number of carbonyl (C=O) groups excluding carboxylic acids is 1. The second-order valence-corrected chi connectivity index (χ2v) is 7.26. The van der Waals surface area contributed by atoms with Gasteiger partial charge >= 0.3 is 0 Å². The van der Waals surface area contributed by atoms with E-state index in [1.165, 1.54) is 18.2 Å². The summed E-state index contributed by atoms with van der Waals surface area (Å²) < 4.78 is 16.0. The van der Waals surface area contributed by atoms with Crippen LogP contribution in [0.4, 0.5) is 10.1 Å². The molecule has 0 aliphatic heterocycles. The Morgan fingerprint density at radius 2 is 1.74 bits per heavy atom. The lowest BCUT2D eigenvalue weighted by Gasteiger charge is -2.13. The Morgan fingerprint density at radius 3 is 2.52 bits per heavy atom. The van der Waals surface area contributed by atoms with Crippen molar-refractivity contribution in [3.63, 3.8) is 0 Å². The number of benzene rings is 3. The average molecular weight is 409 g/mol. The molecule has 4 rings (SSSR count). The van der Waals surface area contributed by atoms with Crippen molar-refractivity contribution in [2.75, 3.05) is 5.32 Å². The van der Waals surface area contributed by atoms with Gasteiger partial charge in [0.25, 0.3) is 5.91 Å². The third kappa shape index (κ3) is 3.84. The minimum absolute atomic E-state index is 0.0369. The van der Waals surface area contributed by atoms with Gasteiger partial charge in [-0.05, 0) is 55.1 Å². The van der Waals surface area contributed by atoms with Gasteiger partial charge in [0.1, 0.15) is 17.5 Å². The predicted molar refractivity (Wildman–Crippen MR) is 121 cm³/mol. The molecule has 0 saturated heterocycles. The van der Waals surface area contributed by atoms with Crippen LogP contribution in [0, 0.1) is 31.0 Å². The molecule has 0 atom stereocenters. The molecule has 0 saturated carbocycles. The van der Waals surface area contributed by atoms with Gasteiger partial charge in [-0.1, -0.05) is 48.5 Å². The fraction of sp³-hybridized carbons (Fsp3) is 0.0769. The van der Waals surface area contributed by atoms with Gasteiger partial charge in [0.05, 0.1) is 11.4 Å². The summed E-state index contributed by atoms with van der Waals surface area (Å²) >= 11 is 0. The number of nitriles is 1. The molecule has 4 nitrogen and oxygen atoms in total. The first kappa shape index (κ1) is 20.1. The quantitative estimate of drug-likeness (QED) is 0.335. The maximum Gasteiger partial charge on any atom is 0.266 e. The van der Waals surface area contributed by atoms with Crippen molar-refractivity contribution in [3.8, 4) is 11.8 Å². The van der Waals surface area contributed by atoms with Crippen molar-refractivity contribution >= 4 is 28.4 Å². The number of para-hydroxylation sites is 1. The molecular weight excluding hydrogens is 389 g/mol. The summed E-state index contributed by atoms with van der Waals surface area (Å²) in [5, 5.41) is 14.3. The van der Waals surface area contributed by atoms with Crippen molar-refractivity contribution in [2.45, 2.75) is 13.8 Å². The lowest BCUT2D eigenvalue weighted by molar-refractivity contribution is -0.112. The Balaban J connectivity index is 1.74. The maximum absolute atomic E-state index is 13.9. The molecule has 1 N–H and O–H groups in total. The number of halogens is 1. The van der Waals surface area contributed by atoms with Gasteiger partial charge in [0, 0.05) is 16.8 Å². The highest BCUT2D eigenvalue weighted by Crippen LogP contribution is 2.28. The molecule has 0 radical (unpaired) electrons. The van der Waals surface area contributed by atoms with Gasteiger partial charge in [0.2, 0.25) is 0 Å². The number of aromatic nitrogens is 1. The zero-order valence-electron chi connectivity index (χ0n) is 17.2. The molecule has 1 aromatic heterocycles.